The van der Waals surface area contributed by atoms with Crippen molar-refractivity contribution in [3.63, 3.8) is 0 Å². The number of nitrogens with zero attached hydrogens (tertiary/aromatic N) is 1. The summed E-state index contributed by atoms with van der Waals surface area (Å²) in [6, 6.07) is 6.73. The van der Waals surface area contributed by atoms with Gasteiger partial charge in [-0.25, -0.2) is 4.39 Å². The fraction of sp³-hybridized carbons (Fsp3) is 0.500. The maximum atomic E-state index is 13.5. The van der Waals surface area contributed by atoms with Crippen molar-refractivity contribution in [2.45, 2.75) is 25.9 Å². The van der Waals surface area contributed by atoms with Gasteiger partial charge in [0.25, 0.3) is 0 Å². The number of nitriles is 1. The summed E-state index contributed by atoms with van der Waals surface area (Å²) in [6.07, 6.45) is 0.289. The predicted molar refractivity (Wildman–Crippen MR) is 64.2 cm³/mol. The molecule has 0 saturated carbocycles. The lowest BCUT2D eigenvalue weighted by Gasteiger charge is -2.35. The highest BCUT2D eigenvalue weighted by Gasteiger charge is 2.41. The molecule has 1 aliphatic rings. The summed E-state index contributed by atoms with van der Waals surface area (Å²) < 4.78 is 18.8. The van der Waals surface area contributed by atoms with E-state index in [1.54, 1.807) is 19.1 Å². The number of aryl methyl sites for hydroxylation is 1. The first-order chi connectivity index (χ1) is 8.59. The van der Waals surface area contributed by atoms with Crippen LogP contribution in [0, 0.1) is 29.5 Å². The Kier molecular flexibility index (Phi) is 3.65. The van der Waals surface area contributed by atoms with Gasteiger partial charge >= 0.3 is 0 Å². The maximum absolute atomic E-state index is 13.5. The lowest BCUT2D eigenvalue weighted by atomic mass is 9.76. The minimum absolute atomic E-state index is 0.195. The summed E-state index contributed by atoms with van der Waals surface area (Å²) in [4.78, 5) is 0. The lowest BCUT2D eigenvalue weighted by molar-refractivity contribution is -0.0506. The molecule has 1 aliphatic heterocycles. The Balaban J connectivity index is 2.31. The van der Waals surface area contributed by atoms with Crippen LogP contribution in [-0.2, 0) is 4.74 Å². The van der Waals surface area contributed by atoms with E-state index in [1.807, 2.05) is 0 Å². The van der Waals surface area contributed by atoms with Gasteiger partial charge in [-0.1, -0.05) is 12.1 Å². The van der Waals surface area contributed by atoms with Crippen molar-refractivity contribution in [3.8, 4) is 6.07 Å². The van der Waals surface area contributed by atoms with E-state index in [0.29, 0.717) is 24.2 Å². The van der Waals surface area contributed by atoms with Crippen LogP contribution in [0.1, 0.15) is 30.1 Å². The van der Waals surface area contributed by atoms with Gasteiger partial charge in [-0.05, 0) is 37.0 Å². The normalized spacial score (nSPS) is 25.4. The molecule has 0 aromatic heterocycles. The molecule has 1 aromatic carbocycles. The largest absolute Gasteiger partial charge is 0.387 e. The minimum Gasteiger partial charge on any atom is -0.387 e. The van der Waals surface area contributed by atoms with Crippen molar-refractivity contribution < 1.29 is 14.2 Å². The Hall–Kier alpha value is -1.44. The van der Waals surface area contributed by atoms with Crippen LogP contribution in [0.2, 0.25) is 0 Å². The average molecular weight is 249 g/mol. The molecule has 0 amide bonds. The smallest absolute Gasteiger partial charge is 0.126 e. The van der Waals surface area contributed by atoms with Gasteiger partial charge in [0.05, 0.1) is 18.8 Å². The molecule has 18 heavy (non-hydrogen) atoms. The predicted octanol–water partition coefficient (Wildman–Crippen LogP) is 2.49. The van der Waals surface area contributed by atoms with Gasteiger partial charge in [0, 0.05) is 6.61 Å². The molecule has 2 rings (SSSR count). The molecule has 4 heteroatoms. The first-order valence-electron chi connectivity index (χ1n) is 6.02. The fourth-order valence-electron chi connectivity index (χ4n) is 2.28. The number of rotatable bonds is 2. The summed E-state index contributed by atoms with van der Waals surface area (Å²) in [5, 5.41) is 19.7. The molecule has 0 spiro atoms. The van der Waals surface area contributed by atoms with Gasteiger partial charge in [0.2, 0.25) is 0 Å². The molecule has 3 nitrogen and oxygen atoms in total. The Bertz CT molecular complexity index is 475. The van der Waals surface area contributed by atoms with Gasteiger partial charge in [-0.2, -0.15) is 5.26 Å². The fourth-order valence-corrected chi connectivity index (χ4v) is 2.28. The maximum Gasteiger partial charge on any atom is 0.126 e. The van der Waals surface area contributed by atoms with Crippen LogP contribution in [0.4, 0.5) is 4.39 Å². The van der Waals surface area contributed by atoms with Crippen LogP contribution >= 0.6 is 0 Å². The Labute approximate surface area is 106 Å². The van der Waals surface area contributed by atoms with E-state index in [-0.39, 0.29) is 12.4 Å². The van der Waals surface area contributed by atoms with E-state index in [0.717, 1.165) is 6.42 Å². The zero-order valence-electron chi connectivity index (χ0n) is 10.3. The second-order valence-electron chi connectivity index (χ2n) is 4.84. The van der Waals surface area contributed by atoms with Gasteiger partial charge in [-0.15, -0.1) is 0 Å². The second kappa shape index (κ2) is 5.05. The third-order valence-corrected chi connectivity index (χ3v) is 3.53. The Morgan fingerprint density at radius 3 is 2.89 bits per heavy atom. The molecule has 0 aliphatic carbocycles. The third kappa shape index (κ3) is 2.24. The third-order valence-electron chi connectivity index (χ3n) is 3.53. The molecular formula is C14H16FNO2. The van der Waals surface area contributed by atoms with Crippen molar-refractivity contribution in [2.75, 3.05) is 13.2 Å². The van der Waals surface area contributed by atoms with Crippen molar-refractivity contribution in [3.05, 3.63) is 35.1 Å². The van der Waals surface area contributed by atoms with Gasteiger partial charge in [-0.3, -0.25) is 0 Å². The molecule has 2 atom stereocenters. The summed E-state index contributed by atoms with van der Waals surface area (Å²) in [5.41, 5.74) is 0.00180. The van der Waals surface area contributed by atoms with Crippen LogP contribution in [0.25, 0.3) is 0 Å². The molecule has 1 N–H and O–H groups in total. The summed E-state index contributed by atoms with van der Waals surface area (Å²) in [6.45, 7) is 2.47. The number of benzene rings is 1. The van der Waals surface area contributed by atoms with Crippen LogP contribution in [-0.4, -0.2) is 18.3 Å². The van der Waals surface area contributed by atoms with Crippen molar-refractivity contribution in [2.24, 2.45) is 5.41 Å². The second-order valence-corrected chi connectivity index (χ2v) is 4.84. The lowest BCUT2D eigenvalue weighted by Crippen LogP contribution is -2.36. The van der Waals surface area contributed by atoms with E-state index < -0.39 is 11.5 Å². The SMILES string of the molecule is Cc1ccc(C(O)C2(C#N)CCCOC2)cc1F. The van der Waals surface area contributed by atoms with E-state index in [2.05, 4.69) is 6.07 Å². The molecule has 1 heterocycles. The number of aliphatic hydroxyl groups excluding tert-OH is 1. The molecule has 0 radical (unpaired) electrons. The van der Waals surface area contributed by atoms with Gasteiger partial charge in [0.15, 0.2) is 0 Å². The zero-order valence-corrected chi connectivity index (χ0v) is 10.3. The molecule has 1 aromatic rings. The highest BCUT2D eigenvalue weighted by molar-refractivity contribution is 5.28. The first-order valence-corrected chi connectivity index (χ1v) is 6.02. The Morgan fingerprint density at radius 1 is 1.56 bits per heavy atom. The molecule has 1 saturated heterocycles. The number of hydrogen-bond donors (Lipinski definition) is 1. The van der Waals surface area contributed by atoms with Crippen molar-refractivity contribution in [1.82, 2.24) is 0 Å². The van der Waals surface area contributed by atoms with Crippen LogP contribution < -0.4 is 0 Å². The zero-order chi connectivity index (χ0) is 13.2. The standard InChI is InChI=1S/C14H16FNO2/c1-10-3-4-11(7-12(10)15)13(17)14(8-16)5-2-6-18-9-14/h3-4,7,13,17H,2,5-6,9H2,1H3. The minimum atomic E-state index is -1.02. The van der Waals surface area contributed by atoms with Crippen molar-refractivity contribution in [1.29, 1.82) is 5.26 Å². The first kappa shape index (κ1) is 13.0. The van der Waals surface area contributed by atoms with E-state index in [4.69, 9.17) is 4.74 Å². The molecule has 96 valence electrons. The number of aliphatic hydroxyl groups is 1. The summed E-state index contributed by atoms with van der Waals surface area (Å²) >= 11 is 0. The topological polar surface area (TPSA) is 53.2 Å². The van der Waals surface area contributed by atoms with Crippen LogP contribution in [0.3, 0.4) is 0 Å². The highest BCUT2D eigenvalue weighted by atomic mass is 19.1. The van der Waals surface area contributed by atoms with E-state index in [1.165, 1.54) is 6.07 Å². The van der Waals surface area contributed by atoms with Gasteiger partial charge < -0.3 is 9.84 Å². The quantitative estimate of drug-likeness (QED) is 0.876. The molecule has 0 bridgehead atoms. The van der Waals surface area contributed by atoms with Crippen molar-refractivity contribution >= 4 is 0 Å². The Morgan fingerprint density at radius 2 is 2.33 bits per heavy atom. The van der Waals surface area contributed by atoms with Crippen LogP contribution in [0.15, 0.2) is 18.2 Å². The average Bonchev–Trinajstić information content (AvgIpc) is 2.42. The number of ether oxygens (including phenoxy) is 1. The molecule has 1 fully saturated rings. The van der Waals surface area contributed by atoms with Gasteiger partial charge in [0.1, 0.15) is 11.2 Å². The van der Waals surface area contributed by atoms with E-state index >= 15 is 0 Å². The highest BCUT2D eigenvalue weighted by Crippen LogP contribution is 2.40. The summed E-state index contributed by atoms with van der Waals surface area (Å²) in [5.74, 6) is -0.364. The summed E-state index contributed by atoms with van der Waals surface area (Å²) in [7, 11) is 0. The van der Waals surface area contributed by atoms with Crippen LogP contribution in [0.5, 0.6) is 0 Å². The number of hydrogen-bond acceptors (Lipinski definition) is 3. The molecular weight excluding hydrogens is 233 g/mol. The molecule has 2 unspecified atom stereocenters. The van der Waals surface area contributed by atoms with E-state index in [9.17, 15) is 14.8 Å². The number of halogens is 1. The monoisotopic (exact) mass is 249 g/mol.